The van der Waals surface area contributed by atoms with Crippen molar-refractivity contribution in [3.05, 3.63) is 0 Å². The van der Waals surface area contributed by atoms with E-state index in [1.807, 2.05) is 0 Å². The van der Waals surface area contributed by atoms with Gasteiger partial charge in [0.15, 0.2) is 0 Å². The highest BCUT2D eigenvalue weighted by Crippen LogP contribution is 2.35. The zero-order valence-corrected chi connectivity index (χ0v) is 11.7. The summed E-state index contributed by atoms with van der Waals surface area (Å²) in [6.45, 7) is 3.23. The van der Waals surface area contributed by atoms with Crippen LogP contribution in [0.15, 0.2) is 0 Å². The maximum absolute atomic E-state index is 6.20. The van der Waals surface area contributed by atoms with E-state index in [-0.39, 0.29) is 5.60 Å². The molecule has 2 nitrogen and oxygen atoms in total. The molecule has 0 bridgehead atoms. The molecular formula is C12H21IO2. The van der Waals surface area contributed by atoms with Crippen molar-refractivity contribution in [2.45, 2.75) is 63.3 Å². The average molecular weight is 324 g/mol. The molecule has 0 amide bonds. The van der Waals surface area contributed by atoms with E-state index in [9.17, 15) is 0 Å². The number of hydrogen-bond donors (Lipinski definition) is 0. The summed E-state index contributed by atoms with van der Waals surface area (Å²) in [5.41, 5.74) is 0.0864. The minimum Gasteiger partial charge on any atom is -0.378 e. The molecule has 15 heavy (non-hydrogen) atoms. The lowest BCUT2D eigenvalue weighted by Crippen LogP contribution is -2.41. The SMILES string of the molecule is CC1(CC2CCCO2)CCCC(CI)O1. The number of alkyl halides is 1. The van der Waals surface area contributed by atoms with Crippen LogP contribution in [0.2, 0.25) is 0 Å². The maximum atomic E-state index is 6.20. The third kappa shape index (κ3) is 3.30. The summed E-state index contributed by atoms with van der Waals surface area (Å²) in [6.07, 6.45) is 8.26. The van der Waals surface area contributed by atoms with Crippen molar-refractivity contribution in [2.24, 2.45) is 0 Å². The first kappa shape index (κ1) is 12.1. The van der Waals surface area contributed by atoms with Crippen LogP contribution < -0.4 is 0 Å². The summed E-state index contributed by atoms with van der Waals surface area (Å²) in [6, 6.07) is 0. The van der Waals surface area contributed by atoms with Crippen LogP contribution in [-0.4, -0.2) is 28.8 Å². The summed E-state index contributed by atoms with van der Waals surface area (Å²) >= 11 is 2.43. The van der Waals surface area contributed by atoms with Gasteiger partial charge in [-0.1, -0.05) is 22.6 Å². The molecule has 3 heteroatoms. The number of hydrogen-bond acceptors (Lipinski definition) is 2. The molecular weight excluding hydrogens is 303 g/mol. The molecule has 2 aliphatic heterocycles. The van der Waals surface area contributed by atoms with Crippen LogP contribution in [0.3, 0.4) is 0 Å². The Bertz CT molecular complexity index is 204. The Balaban J connectivity index is 1.87. The second-order valence-corrected chi connectivity index (χ2v) is 5.96. The lowest BCUT2D eigenvalue weighted by Gasteiger charge is -2.39. The highest BCUT2D eigenvalue weighted by atomic mass is 127. The first-order valence-electron chi connectivity index (χ1n) is 6.07. The van der Waals surface area contributed by atoms with E-state index < -0.39 is 0 Å². The van der Waals surface area contributed by atoms with Crippen molar-refractivity contribution < 1.29 is 9.47 Å². The van der Waals surface area contributed by atoms with Crippen LogP contribution in [0, 0.1) is 0 Å². The minimum atomic E-state index is 0.0864. The van der Waals surface area contributed by atoms with Gasteiger partial charge >= 0.3 is 0 Å². The molecule has 2 fully saturated rings. The molecule has 0 spiro atoms. The Morgan fingerprint density at radius 2 is 2.07 bits per heavy atom. The maximum Gasteiger partial charge on any atom is 0.0683 e. The molecule has 3 atom stereocenters. The molecule has 2 rings (SSSR count). The molecule has 2 aliphatic rings. The molecule has 0 aliphatic carbocycles. The van der Waals surface area contributed by atoms with Crippen LogP contribution in [0.4, 0.5) is 0 Å². The lowest BCUT2D eigenvalue weighted by molar-refractivity contribution is -0.127. The van der Waals surface area contributed by atoms with E-state index >= 15 is 0 Å². The summed E-state index contributed by atoms with van der Waals surface area (Å²) < 4.78 is 13.0. The second-order valence-electron chi connectivity index (χ2n) is 5.08. The van der Waals surface area contributed by atoms with Gasteiger partial charge in [-0.05, 0) is 39.0 Å². The first-order chi connectivity index (χ1) is 7.22. The van der Waals surface area contributed by atoms with Crippen molar-refractivity contribution in [1.29, 1.82) is 0 Å². The van der Waals surface area contributed by atoms with Crippen LogP contribution in [0.5, 0.6) is 0 Å². The number of rotatable bonds is 3. The summed E-state index contributed by atoms with van der Waals surface area (Å²) in [5.74, 6) is 0. The Morgan fingerprint density at radius 1 is 1.27 bits per heavy atom. The molecule has 0 N–H and O–H groups in total. The van der Waals surface area contributed by atoms with Gasteiger partial charge in [0.2, 0.25) is 0 Å². The Kier molecular flexibility index (Phi) is 4.30. The third-order valence-electron chi connectivity index (χ3n) is 3.54. The van der Waals surface area contributed by atoms with Crippen LogP contribution in [-0.2, 0) is 9.47 Å². The van der Waals surface area contributed by atoms with Gasteiger partial charge in [0.05, 0.1) is 17.8 Å². The first-order valence-corrected chi connectivity index (χ1v) is 7.60. The van der Waals surface area contributed by atoms with Gasteiger partial charge in [-0.3, -0.25) is 0 Å². The minimum absolute atomic E-state index is 0.0864. The van der Waals surface area contributed by atoms with Crippen molar-refractivity contribution in [3.8, 4) is 0 Å². The van der Waals surface area contributed by atoms with E-state index in [0.29, 0.717) is 12.2 Å². The van der Waals surface area contributed by atoms with Gasteiger partial charge in [-0.2, -0.15) is 0 Å². The fourth-order valence-corrected chi connectivity index (χ4v) is 3.39. The molecule has 88 valence electrons. The van der Waals surface area contributed by atoms with E-state index in [2.05, 4.69) is 29.5 Å². The molecule has 3 unspecified atom stereocenters. The summed E-state index contributed by atoms with van der Waals surface area (Å²) in [7, 11) is 0. The molecule has 0 aromatic heterocycles. The van der Waals surface area contributed by atoms with E-state index in [0.717, 1.165) is 17.5 Å². The van der Waals surface area contributed by atoms with Crippen molar-refractivity contribution in [3.63, 3.8) is 0 Å². The molecule has 0 radical (unpaired) electrons. The molecule has 0 aromatic carbocycles. The molecule has 0 saturated carbocycles. The number of halogens is 1. The number of ether oxygens (including phenoxy) is 2. The standard InChI is InChI=1S/C12H21IO2/c1-12(8-10-5-3-7-14-10)6-2-4-11(9-13)15-12/h10-11H,2-9H2,1H3. The van der Waals surface area contributed by atoms with Crippen LogP contribution in [0.25, 0.3) is 0 Å². The quantitative estimate of drug-likeness (QED) is 0.586. The Labute approximate surface area is 106 Å². The fraction of sp³-hybridized carbons (Fsp3) is 1.00. The van der Waals surface area contributed by atoms with Crippen molar-refractivity contribution in [2.75, 3.05) is 11.0 Å². The Morgan fingerprint density at radius 3 is 2.73 bits per heavy atom. The van der Waals surface area contributed by atoms with E-state index in [1.54, 1.807) is 0 Å². The van der Waals surface area contributed by atoms with Gasteiger partial charge in [-0.25, -0.2) is 0 Å². The molecule has 2 heterocycles. The van der Waals surface area contributed by atoms with Gasteiger partial charge in [0, 0.05) is 17.5 Å². The van der Waals surface area contributed by atoms with E-state index in [4.69, 9.17) is 9.47 Å². The third-order valence-corrected chi connectivity index (χ3v) is 4.52. The lowest BCUT2D eigenvalue weighted by atomic mass is 9.88. The van der Waals surface area contributed by atoms with Gasteiger partial charge in [0.1, 0.15) is 0 Å². The predicted molar refractivity (Wildman–Crippen MR) is 69.6 cm³/mol. The van der Waals surface area contributed by atoms with Gasteiger partial charge in [0.25, 0.3) is 0 Å². The second kappa shape index (κ2) is 5.32. The molecule has 0 aromatic rings. The largest absolute Gasteiger partial charge is 0.378 e. The fourth-order valence-electron chi connectivity index (χ4n) is 2.77. The zero-order valence-electron chi connectivity index (χ0n) is 9.51. The predicted octanol–water partition coefficient (Wildman–Crippen LogP) is 3.32. The smallest absolute Gasteiger partial charge is 0.0683 e. The monoisotopic (exact) mass is 324 g/mol. The van der Waals surface area contributed by atoms with Crippen LogP contribution in [0.1, 0.15) is 45.4 Å². The summed E-state index contributed by atoms with van der Waals surface area (Å²) in [4.78, 5) is 0. The molecule has 2 saturated heterocycles. The van der Waals surface area contributed by atoms with E-state index in [1.165, 1.54) is 32.1 Å². The highest BCUT2D eigenvalue weighted by molar-refractivity contribution is 14.1. The van der Waals surface area contributed by atoms with Crippen molar-refractivity contribution >= 4 is 22.6 Å². The van der Waals surface area contributed by atoms with Gasteiger partial charge in [-0.15, -0.1) is 0 Å². The van der Waals surface area contributed by atoms with Crippen LogP contribution >= 0.6 is 22.6 Å². The average Bonchev–Trinajstić information content (AvgIpc) is 2.69. The highest BCUT2D eigenvalue weighted by Gasteiger charge is 2.35. The Hall–Kier alpha value is 0.650. The van der Waals surface area contributed by atoms with Crippen molar-refractivity contribution in [1.82, 2.24) is 0 Å². The topological polar surface area (TPSA) is 18.5 Å². The summed E-state index contributed by atoms with van der Waals surface area (Å²) in [5, 5.41) is 0. The van der Waals surface area contributed by atoms with Gasteiger partial charge < -0.3 is 9.47 Å². The zero-order chi connectivity index (χ0) is 10.7. The normalized spacial score (nSPS) is 42.0.